The van der Waals surface area contributed by atoms with Crippen molar-refractivity contribution in [3.05, 3.63) is 35.0 Å². The third-order valence-electron chi connectivity index (χ3n) is 1.28. The molecule has 0 saturated carbocycles. The lowest BCUT2D eigenvalue weighted by Crippen LogP contribution is -1.89. The molecule has 11 heavy (non-hydrogen) atoms. The molecule has 0 fully saturated rings. The predicted octanol–water partition coefficient (Wildman–Crippen LogP) is 2.28. The van der Waals surface area contributed by atoms with Crippen LogP contribution in [0.25, 0.3) is 0 Å². The molecule has 0 aromatic heterocycles. The first kappa shape index (κ1) is 8.27. The lowest BCUT2D eigenvalue weighted by atomic mass is 10.2. The van der Waals surface area contributed by atoms with Gasteiger partial charge in [0, 0.05) is 16.6 Å². The number of carbonyl (C=O) groups is 1. The molecule has 0 aromatic carbocycles. The third-order valence-corrected chi connectivity index (χ3v) is 1.70. The van der Waals surface area contributed by atoms with Crippen molar-refractivity contribution in [3.63, 3.8) is 0 Å². The Hall–Kier alpha value is -0.830. The van der Waals surface area contributed by atoms with Crippen LogP contribution in [0.3, 0.4) is 0 Å². The topological polar surface area (TPSA) is 26.3 Å². The monoisotopic (exact) mass is 214 g/mol. The Morgan fingerprint density at radius 3 is 3.00 bits per heavy atom. The Labute approximate surface area is 73.4 Å². The lowest BCUT2D eigenvalue weighted by Gasteiger charge is -1.97. The van der Waals surface area contributed by atoms with Crippen molar-refractivity contribution in [2.45, 2.75) is 6.42 Å². The van der Waals surface area contributed by atoms with Gasteiger partial charge in [0.2, 0.25) is 0 Å². The van der Waals surface area contributed by atoms with Crippen LogP contribution in [0.1, 0.15) is 6.42 Å². The van der Waals surface area contributed by atoms with E-state index in [1.807, 2.05) is 0 Å². The SMILES string of the molecule is C=CCC1=CC(=O)O/C1=C\Br. The van der Waals surface area contributed by atoms with Gasteiger partial charge in [0.1, 0.15) is 5.76 Å². The molecule has 0 unspecified atom stereocenters. The molecule has 1 heterocycles. The summed E-state index contributed by atoms with van der Waals surface area (Å²) >= 11 is 3.10. The average molecular weight is 215 g/mol. The summed E-state index contributed by atoms with van der Waals surface area (Å²) in [5.41, 5.74) is 0.863. The van der Waals surface area contributed by atoms with E-state index in [2.05, 4.69) is 22.5 Å². The molecule has 0 radical (unpaired) electrons. The highest BCUT2D eigenvalue weighted by atomic mass is 79.9. The molecule has 3 heteroatoms. The molecule has 0 bridgehead atoms. The summed E-state index contributed by atoms with van der Waals surface area (Å²) in [4.78, 5) is 12.3. The molecule has 1 rings (SSSR count). The highest BCUT2D eigenvalue weighted by molar-refractivity contribution is 9.11. The van der Waals surface area contributed by atoms with Gasteiger partial charge in [-0.15, -0.1) is 6.58 Å². The molecule has 58 valence electrons. The number of cyclic esters (lactones) is 1. The smallest absolute Gasteiger partial charge is 0.336 e. The van der Waals surface area contributed by atoms with E-state index in [-0.39, 0.29) is 5.97 Å². The molecule has 0 amide bonds. The zero-order chi connectivity index (χ0) is 8.27. The van der Waals surface area contributed by atoms with Crippen molar-refractivity contribution < 1.29 is 9.53 Å². The van der Waals surface area contributed by atoms with Crippen LogP contribution in [-0.2, 0) is 9.53 Å². The van der Waals surface area contributed by atoms with E-state index in [1.165, 1.54) is 6.08 Å². The van der Waals surface area contributed by atoms with Crippen LogP contribution in [0.5, 0.6) is 0 Å². The number of esters is 1. The van der Waals surface area contributed by atoms with E-state index in [0.29, 0.717) is 12.2 Å². The van der Waals surface area contributed by atoms with Crippen LogP contribution in [0, 0.1) is 0 Å². The Morgan fingerprint density at radius 1 is 1.73 bits per heavy atom. The van der Waals surface area contributed by atoms with Gasteiger partial charge < -0.3 is 4.74 Å². The van der Waals surface area contributed by atoms with Gasteiger partial charge in [-0.1, -0.05) is 22.0 Å². The minimum Gasteiger partial charge on any atom is -0.422 e. The summed E-state index contributed by atoms with van der Waals surface area (Å²) in [6.45, 7) is 3.57. The van der Waals surface area contributed by atoms with Crippen molar-refractivity contribution in [2.75, 3.05) is 0 Å². The summed E-state index contributed by atoms with van der Waals surface area (Å²) in [5.74, 6) is 0.266. The second kappa shape index (κ2) is 3.53. The maximum absolute atomic E-state index is 10.7. The van der Waals surface area contributed by atoms with Crippen LogP contribution >= 0.6 is 15.9 Å². The number of carbonyl (C=O) groups excluding carboxylic acids is 1. The molecule has 0 spiro atoms. The molecular formula is C8H7BrO2. The van der Waals surface area contributed by atoms with Gasteiger partial charge in [-0.2, -0.15) is 0 Å². The fraction of sp³-hybridized carbons (Fsp3) is 0.125. The zero-order valence-corrected chi connectivity index (χ0v) is 7.43. The van der Waals surface area contributed by atoms with Crippen molar-refractivity contribution in [3.8, 4) is 0 Å². The Kier molecular flexibility index (Phi) is 2.65. The molecule has 1 aliphatic heterocycles. The second-order valence-corrected chi connectivity index (χ2v) is 2.51. The van der Waals surface area contributed by atoms with Crippen LogP contribution < -0.4 is 0 Å². The molecule has 0 aliphatic carbocycles. The van der Waals surface area contributed by atoms with E-state index < -0.39 is 0 Å². The van der Waals surface area contributed by atoms with Gasteiger partial charge >= 0.3 is 5.97 Å². The maximum atomic E-state index is 10.7. The molecule has 0 aromatic rings. The first-order chi connectivity index (χ1) is 5.27. The fourth-order valence-electron chi connectivity index (χ4n) is 0.824. The molecule has 1 aliphatic rings. The Morgan fingerprint density at radius 2 is 2.45 bits per heavy atom. The largest absolute Gasteiger partial charge is 0.422 e. The standard InChI is InChI=1S/C8H7BrO2/c1-2-3-6-4-8(10)11-7(6)5-9/h2,4-5H,1,3H2/b7-5-. The predicted molar refractivity (Wildman–Crippen MR) is 46.0 cm³/mol. The first-order valence-corrected chi connectivity index (χ1v) is 4.03. The number of rotatable bonds is 2. The minimum absolute atomic E-state index is 0.312. The van der Waals surface area contributed by atoms with Crippen LogP contribution in [-0.4, -0.2) is 5.97 Å². The third kappa shape index (κ3) is 1.80. The van der Waals surface area contributed by atoms with Crippen LogP contribution in [0.2, 0.25) is 0 Å². The molecule has 2 nitrogen and oxygen atoms in total. The Balaban J connectivity index is 2.82. The van der Waals surface area contributed by atoms with E-state index >= 15 is 0 Å². The van der Waals surface area contributed by atoms with Crippen molar-refractivity contribution in [1.82, 2.24) is 0 Å². The van der Waals surface area contributed by atoms with E-state index in [4.69, 9.17) is 4.74 Å². The average Bonchev–Trinajstić information content (AvgIpc) is 2.32. The van der Waals surface area contributed by atoms with Gasteiger partial charge in [0.25, 0.3) is 0 Å². The highest BCUT2D eigenvalue weighted by Crippen LogP contribution is 2.23. The van der Waals surface area contributed by atoms with E-state index in [9.17, 15) is 4.79 Å². The van der Waals surface area contributed by atoms with Crippen LogP contribution in [0.4, 0.5) is 0 Å². The summed E-state index contributed by atoms with van der Waals surface area (Å²) in [7, 11) is 0. The van der Waals surface area contributed by atoms with Gasteiger partial charge in [-0.3, -0.25) is 0 Å². The number of allylic oxidation sites excluding steroid dienone is 2. The first-order valence-electron chi connectivity index (χ1n) is 3.12. The van der Waals surface area contributed by atoms with Gasteiger partial charge in [0.05, 0.1) is 0 Å². The minimum atomic E-state index is -0.312. The fourth-order valence-corrected chi connectivity index (χ4v) is 1.21. The van der Waals surface area contributed by atoms with Gasteiger partial charge in [-0.25, -0.2) is 4.79 Å². The Bertz CT molecular complexity index is 251. The van der Waals surface area contributed by atoms with Gasteiger partial charge in [0.15, 0.2) is 0 Å². The van der Waals surface area contributed by atoms with E-state index in [1.54, 1.807) is 11.1 Å². The highest BCUT2D eigenvalue weighted by Gasteiger charge is 2.17. The summed E-state index contributed by atoms with van der Waals surface area (Å²) < 4.78 is 4.81. The number of ether oxygens (including phenoxy) is 1. The van der Waals surface area contributed by atoms with Crippen molar-refractivity contribution >= 4 is 21.9 Å². The molecule has 0 saturated heterocycles. The number of hydrogen-bond acceptors (Lipinski definition) is 2. The summed E-state index contributed by atoms with van der Waals surface area (Å²) in [5, 5.41) is 0. The number of halogens is 1. The second-order valence-electron chi connectivity index (χ2n) is 2.06. The molecule has 0 N–H and O–H groups in total. The van der Waals surface area contributed by atoms with Gasteiger partial charge in [-0.05, 0) is 6.42 Å². The number of hydrogen-bond donors (Lipinski definition) is 0. The summed E-state index contributed by atoms with van der Waals surface area (Å²) in [6.07, 6.45) is 3.85. The molecule has 0 atom stereocenters. The summed E-state index contributed by atoms with van der Waals surface area (Å²) in [6, 6.07) is 0. The van der Waals surface area contributed by atoms with E-state index in [0.717, 1.165) is 5.57 Å². The van der Waals surface area contributed by atoms with Crippen molar-refractivity contribution in [2.24, 2.45) is 0 Å². The zero-order valence-electron chi connectivity index (χ0n) is 5.84. The lowest BCUT2D eigenvalue weighted by molar-refractivity contribution is -0.132. The van der Waals surface area contributed by atoms with Crippen molar-refractivity contribution in [1.29, 1.82) is 0 Å². The molecular weight excluding hydrogens is 208 g/mol. The van der Waals surface area contributed by atoms with Crippen LogP contribution in [0.15, 0.2) is 35.0 Å². The normalized spacial score (nSPS) is 19.9. The maximum Gasteiger partial charge on any atom is 0.336 e. The quantitative estimate of drug-likeness (QED) is 0.521.